The molecule has 0 fully saturated rings. The Balaban J connectivity index is 1.68. The summed E-state index contributed by atoms with van der Waals surface area (Å²) < 4.78 is 18.3. The molecule has 0 radical (unpaired) electrons. The maximum Gasteiger partial charge on any atom is 0.282 e. The van der Waals surface area contributed by atoms with Gasteiger partial charge in [0.1, 0.15) is 17.1 Å². The molecule has 2 N–H and O–H groups in total. The predicted molar refractivity (Wildman–Crippen MR) is 146 cm³/mol. The molecular formula is C28H25N5O5. The smallest absolute Gasteiger partial charge is 0.282 e. The van der Waals surface area contributed by atoms with E-state index in [0.29, 0.717) is 39.3 Å². The van der Waals surface area contributed by atoms with E-state index in [0.717, 1.165) is 11.1 Å². The minimum Gasteiger partial charge on any atom is -0.496 e. The van der Waals surface area contributed by atoms with Crippen molar-refractivity contribution >= 4 is 39.7 Å². The Labute approximate surface area is 217 Å². The second-order valence-corrected chi connectivity index (χ2v) is 8.67. The van der Waals surface area contributed by atoms with Crippen LogP contribution in [0.1, 0.15) is 5.56 Å². The van der Waals surface area contributed by atoms with Gasteiger partial charge in [-0.1, -0.05) is 18.2 Å². The van der Waals surface area contributed by atoms with E-state index >= 15 is 0 Å². The number of hydrogen-bond donors (Lipinski definition) is 1. The standard InChI is InChI=1S/C28H25N5O5/c1-32(2)18-12-11-17(24(13-18)37-16-26(29)34)15-30-33-27(31-21-8-5-4-7-19(21)28(33)35)25-14-20-22(36-3)9-6-10-23(20)38-25/h4-15H,16H2,1-3H3,(H2,29,34). The molecule has 5 aromatic rings. The van der Waals surface area contributed by atoms with Gasteiger partial charge in [0.25, 0.3) is 11.5 Å². The maximum atomic E-state index is 13.6. The summed E-state index contributed by atoms with van der Waals surface area (Å²) in [6, 6.07) is 19.6. The number of nitrogens with two attached hydrogens (primary N) is 1. The Kier molecular flexibility index (Phi) is 6.53. The van der Waals surface area contributed by atoms with Crippen molar-refractivity contribution in [2.24, 2.45) is 10.8 Å². The molecule has 5 rings (SSSR count). The molecule has 2 aromatic heterocycles. The third-order valence-electron chi connectivity index (χ3n) is 5.91. The number of carbonyl (C=O) groups excluding carboxylic acids is 1. The Morgan fingerprint density at radius 2 is 1.89 bits per heavy atom. The molecule has 10 heteroatoms. The van der Waals surface area contributed by atoms with Crippen LogP contribution in [0.4, 0.5) is 5.69 Å². The molecule has 0 aliphatic heterocycles. The first-order valence-corrected chi connectivity index (χ1v) is 11.7. The molecule has 0 unspecified atom stereocenters. The van der Waals surface area contributed by atoms with Gasteiger partial charge in [0.05, 0.1) is 29.6 Å². The van der Waals surface area contributed by atoms with Crippen molar-refractivity contribution in [3.05, 3.63) is 82.6 Å². The highest BCUT2D eigenvalue weighted by Crippen LogP contribution is 2.33. The fraction of sp³-hybridized carbons (Fsp3) is 0.143. The maximum absolute atomic E-state index is 13.6. The highest BCUT2D eigenvalue weighted by molar-refractivity contribution is 5.89. The van der Waals surface area contributed by atoms with Crippen LogP contribution in [0.3, 0.4) is 0 Å². The summed E-state index contributed by atoms with van der Waals surface area (Å²) in [5, 5.41) is 5.63. The highest BCUT2D eigenvalue weighted by atomic mass is 16.5. The number of ether oxygens (including phenoxy) is 2. The number of furan rings is 1. The molecule has 0 bridgehead atoms. The number of aromatic nitrogens is 2. The van der Waals surface area contributed by atoms with Crippen LogP contribution in [-0.2, 0) is 4.79 Å². The molecule has 0 aliphatic carbocycles. The molecular weight excluding hydrogens is 486 g/mol. The SMILES string of the molecule is COc1cccc2oc(-c3nc4ccccc4c(=O)n3N=Cc3ccc(N(C)C)cc3OCC(N)=O)cc12. The van der Waals surface area contributed by atoms with Gasteiger partial charge in [0.15, 0.2) is 12.4 Å². The van der Waals surface area contributed by atoms with Crippen molar-refractivity contribution in [2.45, 2.75) is 0 Å². The van der Waals surface area contributed by atoms with Crippen molar-refractivity contribution < 1.29 is 18.7 Å². The molecule has 0 saturated carbocycles. The van der Waals surface area contributed by atoms with Crippen molar-refractivity contribution in [3.63, 3.8) is 0 Å². The number of rotatable bonds is 8. The molecule has 0 spiro atoms. The zero-order chi connectivity index (χ0) is 26.8. The summed E-state index contributed by atoms with van der Waals surface area (Å²) in [6.45, 7) is -0.304. The largest absolute Gasteiger partial charge is 0.496 e. The van der Waals surface area contributed by atoms with E-state index in [1.807, 2.05) is 49.3 Å². The Morgan fingerprint density at radius 3 is 2.66 bits per heavy atom. The normalized spacial score (nSPS) is 11.3. The molecule has 1 amide bonds. The van der Waals surface area contributed by atoms with Crippen LogP contribution >= 0.6 is 0 Å². The van der Waals surface area contributed by atoms with Gasteiger partial charge in [0.2, 0.25) is 5.82 Å². The lowest BCUT2D eigenvalue weighted by Crippen LogP contribution is -2.21. The van der Waals surface area contributed by atoms with Crippen molar-refractivity contribution in [1.29, 1.82) is 0 Å². The number of para-hydroxylation sites is 1. The lowest BCUT2D eigenvalue weighted by Gasteiger charge is -2.15. The third-order valence-corrected chi connectivity index (χ3v) is 5.91. The number of amides is 1. The van der Waals surface area contributed by atoms with E-state index in [-0.39, 0.29) is 18.0 Å². The van der Waals surface area contributed by atoms with Crippen molar-refractivity contribution in [3.8, 4) is 23.1 Å². The average Bonchev–Trinajstić information content (AvgIpc) is 3.36. The number of benzene rings is 3. The summed E-state index contributed by atoms with van der Waals surface area (Å²) in [4.78, 5) is 31.5. The van der Waals surface area contributed by atoms with Gasteiger partial charge in [-0.15, -0.1) is 0 Å². The predicted octanol–water partition coefficient (Wildman–Crippen LogP) is 3.63. The third kappa shape index (κ3) is 4.66. The number of fused-ring (bicyclic) bond motifs is 2. The Morgan fingerprint density at radius 1 is 1.08 bits per heavy atom. The fourth-order valence-corrected chi connectivity index (χ4v) is 4.01. The van der Waals surface area contributed by atoms with Crippen molar-refractivity contribution in [2.75, 3.05) is 32.7 Å². The van der Waals surface area contributed by atoms with Gasteiger partial charge >= 0.3 is 0 Å². The molecule has 38 heavy (non-hydrogen) atoms. The lowest BCUT2D eigenvalue weighted by molar-refractivity contribution is -0.119. The number of nitrogens with zero attached hydrogens (tertiary/aromatic N) is 4. The van der Waals surface area contributed by atoms with Crippen LogP contribution in [0.2, 0.25) is 0 Å². The molecule has 0 atom stereocenters. The zero-order valence-electron chi connectivity index (χ0n) is 21.0. The minimum atomic E-state index is -0.610. The molecule has 192 valence electrons. The topological polar surface area (TPSA) is 125 Å². The van der Waals surface area contributed by atoms with Gasteiger partial charge in [-0.25, -0.2) is 4.98 Å². The number of hydrogen-bond acceptors (Lipinski definition) is 8. The Bertz CT molecular complexity index is 1750. The molecule has 10 nitrogen and oxygen atoms in total. The van der Waals surface area contributed by atoms with Crippen LogP contribution in [0.5, 0.6) is 11.5 Å². The summed E-state index contributed by atoms with van der Waals surface area (Å²) >= 11 is 0. The monoisotopic (exact) mass is 511 g/mol. The fourth-order valence-electron chi connectivity index (χ4n) is 4.01. The second kappa shape index (κ2) is 10.1. The first-order chi connectivity index (χ1) is 18.4. The second-order valence-electron chi connectivity index (χ2n) is 8.67. The zero-order valence-corrected chi connectivity index (χ0v) is 21.0. The summed E-state index contributed by atoms with van der Waals surface area (Å²) in [5.74, 6) is 0.967. The van der Waals surface area contributed by atoms with Crippen LogP contribution < -0.4 is 25.7 Å². The van der Waals surface area contributed by atoms with Gasteiger partial charge < -0.3 is 24.5 Å². The van der Waals surface area contributed by atoms with Gasteiger partial charge in [-0.05, 0) is 42.5 Å². The van der Waals surface area contributed by atoms with Crippen LogP contribution in [0, 0.1) is 0 Å². The van der Waals surface area contributed by atoms with Crippen LogP contribution in [-0.4, -0.2) is 49.6 Å². The molecule has 2 heterocycles. The van der Waals surface area contributed by atoms with E-state index in [1.54, 1.807) is 43.5 Å². The highest BCUT2D eigenvalue weighted by Gasteiger charge is 2.18. The number of methoxy groups -OCH3 is 1. The Hall–Kier alpha value is -5.12. The summed E-state index contributed by atoms with van der Waals surface area (Å²) in [6.07, 6.45) is 1.47. The van der Waals surface area contributed by atoms with Gasteiger partial charge in [-0.2, -0.15) is 9.78 Å². The first kappa shape index (κ1) is 24.6. The average molecular weight is 512 g/mol. The van der Waals surface area contributed by atoms with E-state index in [9.17, 15) is 9.59 Å². The first-order valence-electron chi connectivity index (χ1n) is 11.7. The summed E-state index contributed by atoms with van der Waals surface area (Å²) in [5.41, 5.74) is 7.38. The van der Waals surface area contributed by atoms with Gasteiger partial charge in [0, 0.05) is 31.4 Å². The summed E-state index contributed by atoms with van der Waals surface area (Å²) in [7, 11) is 5.35. The van der Waals surface area contributed by atoms with E-state index < -0.39 is 5.91 Å². The minimum absolute atomic E-state index is 0.215. The van der Waals surface area contributed by atoms with E-state index in [2.05, 4.69) is 5.10 Å². The molecule has 0 aliphatic rings. The lowest BCUT2D eigenvalue weighted by atomic mass is 10.2. The number of anilines is 1. The van der Waals surface area contributed by atoms with Gasteiger partial charge in [-0.3, -0.25) is 9.59 Å². The van der Waals surface area contributed by atoms with E-state index in [1.165, 1.54) is 10.9 Å². The van der Waals surface area contributed by atoms with Crippen molar-refractivity contribution in [1.82, 2.24) is 9.66 Å². The quantitative estimate of drug-likeness (QED) is 0.315. The molecule has 0 saturated heterocycles. The van der Waals surface area contributed by atoms with Crippen LogP contribution in [0.25, 0.3) is 33.5 Å². The number of carbonyl (C=O) groups is 1. The number of primary amides is 1. The van der Waals surface area contributed by atoms with Crippen LogP contribution in [0.15, 0.2) is 81.0 Å². The van der Waals surface area contributed by atoms with E-state index in [4.69, 9.17) is 24.6 Å². The molecule has 3 aromatic carbocycles.